The summed E-state index contributed by atoms with van der Waals surface area (Å²) in [6, 6.07) is 11.4. The largest absolute Gasteiger partial charge is 0.534 e. The second kappa shape index (κ2) is 11.8. The highest BCUT2D eigenvalue weighted by Crippen LogP contribution is 2.35. The monoisotopic (exact) mass is 586 g/mol. The van der Waals surface area contributed by atoms with Crippen LogP contribution in [0.15, 0.2) is 48.5 Å². The Kier molecular flexibility index (Phi) is 8.86. The van der Waals surface area contributed by atoms with Crippen LogP contribution in [0.1, 0.15) is 44.7 Å². The van der Waals surface area contributed by atoms with Crippen molar-refractivity contribution in [2.24, 2.45) is 0 Å². The Hall–Kier alpha value is -3.03. The summed E-state index contributed by atoms with van der Waals surface area (Å²) in [5, 5.41) is 5.89. The lowest BCUT2D eigenvalue weighted by Crippen LogP contribution is -2.47. The smallest absolute Gasteiger partial charge is 0.494 e. The van der Waals surface area contributed by atoms with E-state index < -0.39 is 57.5 Å². The molecular weight excluding hydrogens is 553 g/mol. The van der Waals surface area contributed by atoms with Crippen LogP contribution in [0, 0.1) is 0 Å². The third-order valence-electron chi connectivity index (χ3n) is 6.60. The van der Waals surface area contributed by atoms with Gasteiger partial charge in [-0.25, -0.2) is 4.79 Å². The van der Waals surface area contributed by atoms with Crippen molar-refractivity contribution in [3.63, 3.8) is 0 Å². The highest BCUT2D eigenvalue weighted by molar-refractivity contribution is 7.88. The molecule has 220 valence electrons. The number of amides is 2. The molecule has 0 saturated carbocycles. The molecule has 13 heteroatoms. The van der Waals surface area contributed by atoms with Crippen LogP contribution in [0.3, 0.4) is 0 Å². The lowest BCUT2D eigenvalue weighted by atomic mass is 9.92. The predicted molar refractivity (Wildman–Crippen MR) is 139 cm³/mol. The minimum atomic E-state index is -5.78. The topological polar surface area (TPSA) is 112 Å². The van der Waals surface area contributed by atoms with Crippen LogP contribution in [0.4, 0.5) is 18.0 Å². The Morgan fingerprint density at radius 1 is 0.875 bits per heavy atom. The maximum Gasteiger partial charge on any atom is 0.534 e. The molecule has 0 radical (unpaired) electrons. The maximum atomic E-state index is 12.8. The molecule has 0 spiro atoms. The normalized spacial score (nSPS) is 24.4. The number of rotatable bonds is 10. The number of halogens is 3. The molecule has 4 rings (SSSR count). The molecule has 2 aromatic carbocycles. The molecule has 2 aromatic rings. The molecule has 4 atom stereocenters. The van der Waals surface area contributed by atoms with Crippen molar-refractivity contribution >= 4 is 16.1 Å². The second-order valence-corrected chi connectivity index (χ2v) is 11.8. The van der Waals surface area contributed by atoms with Gasteiger partial charge in [0.2, 0.25) is 0 Å². The van der Waals surface area contributed by atoms with E-state index >= 15 is 0 Å². The standard InChI is InChI=1S/C27H33F3N2O7S/c1-4-5-14-36-19-10-6-17(7-11-19)15-21-23-24(38-26(2,3)37-23)22(32-25(33)31-21)16-18-8-12-20(13-9-18)39-40(34,35)27(28,29)30/h6-13,21-24H,4-5,14-16H2,1-3H3,(H2,31,32,33)/t21-,22-,23+,24+/m1/s1. The molecule has 9 nitrogen and oxygen atoms in total. The number of carbonyl (C=O) groups is 1. The van der Waals surface area contributed by atoms with Crippen molar-refractivity contribution < 1.29 is 44.8 Å². The first-order valence-electron chi connectivity index (χ1n) is 13.0. The number of urea groups is 1. The average Bonchev–Trinajstić information content (AvgIpc) is 3.14. The minimum absolute atomic E-state index is 0.247. The number of fused-ring (bicyclic) bond motifs is 1. The summed E-state index contributed by atoms with van der Waals surface area (Å²) >= 11 is 0. The summed E-state index contributed by atoms with van der Waals surface area (Å²) in [5.41, 5.74) is -3.94. The van der Waals surface area contributed by atoms with Crippen LogP contribution in [0.2, 0.25) is 0 Å². The van der Waals surface area contributed by atoms with Gasteiger partial charge < -0.3 is 29.0 Å². The first-order chi connectivity index (χ1) is 18.8. The van der Waals surface area contributed by atoms with Gasteiger partial charge in [-0.2, -0.15) is 21.6 Å². The fourth-order valence-electron chi connectivity index (χ4n) is 4.74. The van der Waals surface area contributed by atoms with Crippen molar-refractivity contribution in [2.45, 2.75) is 82.0 Å². The van der Waals surface area contributed by atoms with E-state index in [0.717, 1.165) is 36.3 Å². The van der Waals surface area contributed by atoms with Crippen molar-refractivity contribution in [1.82, 2.24) is 10.6 Å². The summed E-state index contributed by atoms with van der Waals surface area (Å²) in [4.78, 5) is 12.8. The minimum Gasteiger partial charge on any atom is -0.494 e. The SMILES string of the molecule is CCCCOc1ccc(C[C@H]2NC(=O)N[C@H](Cc3ccc(OS(=O)(=O)C(F)(F)F)cc3)[C@@H]3OC(C)(C)O[C@H]32)cc1. The van der Waals surface area contributed by atoms with E-state index in [9.17, 15) is 26.4 Å². The van der Waals surface area contributed by atoms with Gasteiger partial charge in [0, 0.05) is 0 Å². The highest BCUT2D eigenvalue weighted by Gasteiger charge is 2.51. The number of hydrogen-bond acceptors (Lipinski definition) is 7. The molecule has 2 aliphatic rings. The highest BCUT2D eigenvalue weighted by atomic mass is 32.2. The van der Waals surface area contributed by atoms with Crippen LogP contribution in [0.5, 0.6) is 11.5 Å². The van der Waals surface area contributed by atoms with Gasteiger partial charge in [0.1, 0.15) is 23.7 Å². The molecular formula is C27H33F3N2O7S. The Balaban J connectivity index is 1.47. The van der Waals surface area contributed by atoms with Crippen molar-refractivity contribution in [3.8, 4) is 11.5 Å². The van der Waals surface area contributed by atoms with E-state index in [4.69, 9.17) is 14.2 Å². The zero-order valence-corrected chi connectivity index (χ0v) is 23.2. The van der Waals surface area contributed by atoms with Gasteiger partial charge in [0.05, 0.1) is 18.7 Å². The number of unbranched alkanes of at least 4 members (excludes halogenated alkanes) is 1. The van der Waals surface area contributed by atoms with Gasteiger partial charge in [0.15, 0.2) is 5.79 Å². The fourth-order valence-corrected chi connectivity index (χ4v) is 5.19. The zero-order chi connectivity index (χ0) is 29.1. The Morgan fingerprint density at radius 2 is 1.35 bits per heavy atom. The summed E-state index contributed by atoms with van der Waals surface area (Å²) in [6.45, 7) is 6.31. The molecule has 2 aliphatic heterocycles. The number of benzene rings is 2. The molecule has 0 aliphatic carbocycles. The van der Waals surface area contributed by atoms with Gasteiger partial charge in [0.25, 0.3) is 0 Å². The van der Waals surface area contributed by atoms with Crippen molar-refractivity contribution in [2.75, 3.05) is 6.61 Å². The Bertz CT molecular complexity index is 1270. The summed E-state index contributed by atoms with van der Waals surface area (Å²) < 4.78 is 82.8. The Labute approximate surface area is 231 Å². The molecule has 2 N–H and O–H groups in total. The van der Waals surface area contributed by atoms with Gasteiger partial charge in [-0.1, -0.05) is 37.6 Å². The number of ether oxygens (including phenoxy) is 3. The van der Waals surface area contributed by atoms with Crippen LogP contribution in [-0.2, 0) is 32.4 Å². The first kappa shape index (κ1) is 29.9. The number of alkyl halides is 3. The first-order valence-corrected chi connectivity index (χ1v) is 14.4. The number of hydrogen-bond donors (Lipinski definition) is 2. The molecule has 0 bridgehead atoms. The molecule has 40 heavy (non-hydrogen) atoms. The lowest BCUT2D eigenvalue weighted by molar-refractivity contribution is -0.150. The van der Waals surface area contributed by atoms with Crippen molar-refractivity contribution in [1.29, 1.82) is 0 Å². The van der Waals surface area contributed by atoms with E-state index in [-0.39, 0.29) is 6.42 Å². The molecule has 2 saturated heterocycles. The van der Waals surface area contributed by atoms with E-state index in [1.165, 1.54) is 12.1 Å². The molecule has 2 heterocycles. The van der Waals surface area contributed by atoms with Crippen molar-refractivity contribution in [3.05, 3.63) is 59.7 Å². The summed E-state index contributed by atoms with van der Waals surface area (Å²) in [5.74, 6) is -0.624. The van der Waals surface area contributed by atoms with Crippen LogP contribution < -0.4 is 19.6 Å². The van der Waals surface area contributed by atoms with Gasteiger partial charge in [-0.15, -0.1) is 0 Å². The fraction of sp³-hybridized carbons (Fsp3) is 0.519. The van der Waals surface area contributed by atoms with Gasteiger partial charge in [-0.05, 0) is 68.5 Å². The van der Waals surface area contributed by atoms with Crippen LogP contribution >= 0.6 is 0 Å². The average molecular weight is 587 g/mol. The van der Waals surface area contributed by atoms with Gasteiger partial charge in [-0.3, -0.25) is 0 Å². The quantitative estimate of drug-likeness (QED) is 0.240. The third kappa shape index (κ3) is 7.38. The maximum absolute atomic E-state index is 12.8. The van der Waals surface area contributed by atoms with Crippen LogP contribution in [0.25, 0.3) is 0 Å². The van der Waals surface area contributed by atoms with Crippen LogP contribution in [-0.4, -0.2) is 56.6 Å². The number of carbonyl (C=O) groups excluding carboxylic acids is 1. The molecule has 0 aromatic heterocycles. The molecule has 0 unspecified atom stereocenters. The molecule has 2 amide bonds. The van der Waals surface area contributed by atoms with Gasteiger partial charge >= 0.3 is 21.7 Å². The lowest BCUT2D eigenvalue weighted by Gasteiger charge is -2.26. The summed E-state index contributed by atoms with van der Waals surface area (Å²) in [7, 11) is -5.78. The Morgan fingerprint density at radius 3 is 1.80 bits per heavy atom. The van der Waals surface area contributed by atoms with E-state index in [0.29, 0.717) is 18.6 Å². The van der Waals surface area contributed by atoms with E-state index in [1.807, 2.05) is 24.3 Å². The number of nitrogens with one attached hydrogen (secondary N) is 2. The summed E-state index contributed by atoms with van der Waals surface area (Å²) in [6.07, 6.45) is 1.70. The third-order valence-corrected chi connectivity index (χ3v) is 7.58. The van der Waals surface area contributed by atoms with E-state index in [2.05, 4.69) is 21.7 Å². The van der Waals surface area contributed by atoms with E-state index in [1.54, 1.807) is 13.8 Å². The molecule has 2 fully saturated rings. The zero-order valence-electron chi connectivity index (χ0n) is 22.4. The second-order valence-electron chi connectivity index (χ2n) is 10.3. The predicted octanol–water partition coefficient (Wildman–Crippen LogP) is 4.45.